The summed E-state index contributed by atoms with van der Waals surface area (Å²) in [6, 6.07) is 10.2. The molecule has 4 nitrogen and oxygen atoms in total. The van der Waals surface area contributed by atoms with Crippen LogP contribution in [0, 0.1) is 0 Å². The van der Waals surface area contributed by atoms with Crippen molar-refractivity contribution < 1.29 is 5.02 Å². The molecule has 0 spiro atoms. The van der Waals surface area contributed by atoms with Crippen molar-refractivity contribution in [2.24, 2.45) is 0 Å². The number of rotatable bonds is 2. The lowest BCUT2D eigenvalue weighted by atomic mass is 9.84. The summed E-state index contributed by atoms with van der Waals surface area (Å²) in [4.78, 5) is 9.30. The molecule has 2 heterocycles. The Balaban J connectivity index is 1.79. The molecule has 26 heavy (non-hydrogen) atoms. The van der Waals surface area contributed by atoms with E-state index in [-0.39, 0.29) is 6.04 Å². The minimum absolute atomic E-state index is 0.0703. The molecule has 0 bridgehead atoms. The Morgan fingerprint density at radius 1 is 1.23 bits per heavy atom. The summed E-state index contributed by atoms with van der Waals surface area (Å²) >= 11 is 10.0. The van der Waals surface area contributed by atoms with Gasteiger partial charge < -0.3 is 9.83 Å². The molecule has 1 atom stereocenters. The summed E-state index contributed by atoms with van der Waals surface area (Å²) in [5, 5.41) is 10.6. The molecule has 4 rings (SSSR count). The number of nitrogens with zero attached hydrogens (tertiary/aromatic N) is 3. The fraction of sp³-hybridized carbons (Fsp3) is 0.316. The average molecular weight is 433 g/mol. The molecule has 2 aromatic rings. The SMILES string of the molecule is CB(O)N1CCN([C@@H]2c3ccc(Cl)cc3C(Br)=Cc3cccnc32)CC1. The van der Waals surface area contributed by atoms with Gasteiger partial charge in [-0.15, -0.1) is 0 Å². The van der Waals surface area contributed by atoms with Crippen LogP contribution in [-0.2, 0) is 0 Å². The smallest absolute Gasteiger partial charge is 0.376 e. The maximum atomic E-state index is 9.87. The van der Waals surface area contributed by atoms with E-state index < -0.39 is 7.05 Å². The molecule has 1 saturated heterocycles. The van der Waals surface area contributed by atoms with Crippen LogP contribution in [0.2, 0.25) is 11.8 Å². The third-order valence-corrected chi connectivity index (χ3v) is 6.11. The third kappa shape index (κ3) is 3.37. The number of piperazine rings is 1. The van der Waals surface area contributed by atoms with Crippen molar-refractivity contribution in [1.82, 2.24) is 14.7 Å². The predicted molar refractivity (Wildman–Crippen MR) is 111 cm³/mol. The maximum absolute atomic E-state index is 9.87. The topological polar surface area (TPSA) is 39.6 Å². The molecule has 2 aliphatic rings. The molecule has 0 amide bonds. The van der Waals surface area contributed by atoms with Gasteiger partial charge in [-0.2, -0.15) is 0 Å². The molecular weight excluding hydrogens is 412 g/mol. The first kappa shape index (κ1) is 18.2. The van der Waals surface area contributed by atoms with Crippen LogP contribution in [0.25, 0.3) is 10.6 Å². The van der Waals surface area contributed by atoms with Gasteiger partial charge in [-0.05, 0) is 47.8 Å². The summed E-state index contributed by atoms with van der Waals surface area (Å²) in [7, 11) is -0.404. The fourth-order valence-electron chi connectivity index (χ4n) is 3.85. The number of halogens is 2. The number of aromatic nitrogens is 1. The zero-order valence-corrected chi connectivity index (χ0v) is 16.9. The van der Waals surface area contributed by atoms with Gasteiger partial charge in [0.1, 0.15) is 0 Å². The van der Waals surface area contributed by atoms with Crippen LogP contribution in [0.3, 0.4) is 0 Å². The lowest BCUT2D eigenvalue weighted by molar-refractivity contribution is 0.144. The minimum atomic E-state index is -0.404. The highest BCUT2D eigenvalue weighted by atomic mass is 79.9. The van der Waals surface area contributed by atoms with Crippen LogP contribution >= 0.6 is 27.5 Å². The van der Waals surface area contributed by atoms with Gasteiger partial charge in [0.15, 0.2) is 0 Å². The van der Waals surface area contributed by atoms with Gasteiger partial charge in [0.05, 0.1) is 11.7 Å². The first-order valence-corrected chi connectivity index (χ1v) is 10.00. The van der Waals surface area contributed by atoms with E-state index in [0.717, 1.165) is 52.5 Å². The highest BCUT2D eigenvalue weighted by molar-refractivity contribution is 9.15. The standard InChI is InChI=1S/C19H20BBrClN3O/c1-20(26)25-9-7-24(8-10-25)19-15-5-4-14(22)12-16(15)17(21)11-13-3-2-6-23-18(13)19/h2-6,11-12,19,26H,7-10H2,1H3/t19-/m1/s1. The lowest BCUT2D eigenvalue weighted by Gasteiger charge is -2.40. The van der Waals surface area contributed by atoms with Gasteiger partial charge in [-0.1, -0.05) is 39.7 Å². The van der Waals surface area contributed by atoms with E-state index in [4.69, 9.17) is 16.6 Å². The van der Waals surface area contributed by atoms with E-state index >= 15 is 0 Å². The highest BCUT2D eigenvalue weighted by Crippen LogP contribution is 2.42. The van der Waals surface area contributed by atoms with E-state index in [0.29, 0.717) is 0 Å². The molecule has 1 aromatic carbocycles. The molecule has 0 saturated carbocycles. The summed E-state index contributed by atoms with van der Waals surface area (Å²) in [6.45, 7) is 5.27. The third-order valence-electron chi connectivity index (χ3n) is 5.22. The largest absolute Gasteiger partial charge is 0.437 e. The molecular formula is C19H20BBrClN3O. The van der Waals surface area contributed by atoms with Gasteiger partial charge in [0.2, 0.25) is 0 Å². The van der Waals surface area contributed by atoms with Crippen molar-refractivity contribution in [3.63, 3.8) is 0 Å². The van der Waals surface area contributed by atoms with Gasteiger partial charge >= 0.3 is 7.05 Å². The van der Waals surface area contributed by atoms with Gasteiger partial charge in [-0.25, -0.2) is 0 Å². The van der Waals surface area contributed by atoms with E-state index in [1.165, 1.54) is 5.56 Å². The minimum Gasteiger partial charge on any atom is -0.437 e. The second-order valence-corrected chi connectivity index (χ2v) is 8.10. The molecule has 7 heteroatoms. The van der Waals surface area contributed by atoms with Crippen molar-refractivity contribution in [2.45, 2.75) is 12.9 Å². The summed E-state index contributed by atoms with van der Waals surface area (Å²) in [5.41, 5.74) is 4.50. The molecule has 134 valence electrons. The van der Waals surface area contributed by atoms with E-state index in [2.05, 4.69) is 43.8 Å². The number of hydrogen-bond donors (Lipinski definition) is 1. The Labute approximate surface area is 167 Å². The molecule has 0 unspecified atom stereocenters. The second kappa shape index (κ2) is 7.45. The Kier molecular flexibility index (Phi) is 5.21. The van der Waals surface area contributed by atoms with E-state index in [1.807, 2.05) is 31.2 Å². The van der Waals surface area contributed by atoms with E-state index in [1.54, 1.807) is 0 Å². The van der Waals surface area contributed by atoms with Crippen molar-refractivity contribution >= 4 is 45.1 Å². The van der Waals surface area contributed by atoms with Gasteiger partial charge in [0.25, 0.3) is 0 Å². The number of benzene rings is 1. The molecule has 1 aliphatic heterocycles. The fourth-order valence-corrected chi connectivity index (χ4v) is 4.62. The van der Waals surface area contributed by atoms with Crippen molar-refractivity contribution in [3.05, 3.63) is 63.9 Å². The quantitative estimate of drug-likeness (QED) is 0.734. The molecule has 1 aliphatic carbocycles. The predicted octanol–water partition coefficient (Wildman–Crippen LogP) is 3.76. The van der Waals surface area contributed by atoms with Gasteiger partial charge in [0, 0.05) is 41.9 Å². The van der Waals surface area contributed by atoms with Crippen LogP contribution in [0.15, 0.2) is 36.5 Å². The Bertz CT molecular complexity index is 852. The maximum Gasteiger partial charge on any atom is 0.376 e. The van der Waals surface area contributed by atoms with E-state index in [9.17, 15) is 5.02 Å². The van der Waals surface area contributed by atoms with Crippen LogP contribution in [0.4, 0.5) is 0 Å². The zero-order valence-electron chi connectivity index (χ0n) is 14.6. The zero-order chi connectivity index (χ0) is 18.3. The van der Waals surface area contributed by atoms with Gasteiger partial charge in [-0.3, -0.25) is 9.88 Å². The lowest BCUT2D eigenvalue weighted by Crippen LogP contribution is -2.52. The van der Waals surface area contributed by atoms with Crippen LogP contribution in [0.5, 0.6) is 0 Å². The molecule has 1 N–H and O–H groups in total. The first-order chi connectivity index (χ1) is 12.5. The van der Waals surface area contributed by atoms with Crippen molar-refractivity contribution in [1.29, 1.82) is 0 Å². The Morgan fingerprint density at radius 2 is 2.00 bits per heavy atom. The monoisotopic (exact) mass is 431 g/mol. The average Bonchev–Trinajstić information content (AvgIpc) is 2.76. The number of pyridine rings is 1. The summed E-state index contributed by atoms with van der Waals surface area (Å²) in [5.74, 6) is 0. The normalized spacial score (nSPS) is 20.8. The van der Waals surface area contributed by atoms with Crippen LogP contribution in [0.1, 0.15) is 28.4 Å². The first-order valence-electron chi connectivity index (χ1n) is 8.82. The summed E-state index contributed by atoms with van der Waals surface area (Å²) in [6.07, 6.45) is 3.99. The van der Waals surface area contributed by atoms with Crippen LogP contribution in [-0.4, -0.2) is 52.9 Å². The summed E-state index contributed by atoms with van der Waals surface area (Å²) < 4.78 is 1.02. The highest BCUT2D eigenvalue weighted by Gasteiger charge is 2.33. The second-order valence-electron chi connectivity index (χ2n) is 6.81. The Morgan fingerprint density at radius 3 is 2.73 bits per heavy atom. The molecule has 1 fully saturated rings. The molecule has 0 radical (unpaired) electrons. The van der Waals surface area contributed by atoms with Crippen LogP contribution < -0.4 is 0 Å². The van der Waals surface area contributed by atoms with Crippen molar-refractivity contribution in [3.8, 4) is 0 Å². The Hall–Kier alpha value is -1.18. The number of hydrogen-bond acceptors (Lipinski definition) is 4. The molecule has 1 aromatic heterocycles. The number of fused-ring (bicyclic) bond motifs is 2. The van der Waals surface area contributed by atoms with Crippen molar-refractivity contribution in [2.75, 3.05) is 26.2 Å².